The average Bonchev–Trinajstić information content (AvgIpc) is 3.36. The summed E-state index contributed by atoms with van der Waals surface area (Å²) in [5.74, 6) is -0.435. The lowest BCUT2D eigenvalue weighted by Gasteiger charge is -2.59. The number of anilines is 1. The smallest absolute Gasteiger partial charge is 0.341 e. The van der Waals surface area contributed by atoms with Gasteiger partial charge in [0, 0.05) is 30.1 Å². The summed E-state index contributed by atoms with van der Waals surface area (Å²) in [7, 11) is 1.45. The highest BCUT2D eigenvalue weighted by molar-refractivity contribution is 5.90. The molecular formula is C22H24N2O5. The maximum absolute atomic E-state index is 12.0. The number of aromatic carboxylic acids is 1. The fourth-order valence-electron chi connectivity index (χ4n) is 5.22. The van der Waals surface area contributed by atoms with Crippen LogP contribution in [0.25, 0.3) is 0 Å². The zero-order valence-corrected chi connectivity index (χ0v) is 16.6. The minimum Gasteiger partial charge on any atom is -0.477 e. The molecule has 0 amide bonds. The summed E-state index contributed by atoms with van der Waals surface area (Å²) in [4.78, 5) is 25.8. The Morgan fingerprint density at radius 1 is 1.21 bits per heavy atom. The van der Waals surface area contributed by atoms with Crippen LogP contribution in [0, 0.1) is 12.3 Å². The van der Waals surface area contributed by atoms with Gasteiger partial charge in [-0.15, -0.1) is 0 Å². The van der Waals surface area contributed by atoms with Gasteiger partial charge in [-0.2, -0.15) is 0 Å². The summed E-state index contributed by atoms with van der Waals surface area (Å²) in [6.45, 7) is 3.59. The van der Waals surface area contributed by atoms with E-state index in [1.165, 1.54) is 7.11 Å². The van der Waals surface area contributed by atoms with Crippen LogP contribution in [0.2, 0.25) is 0 Å². The number of hydrogen-bond donors (Lipinski definition) is 1. The van der Waals surface area contributed by atoms with Crippen molar-refractivity contribution in [3.8, 4) is 0 Å². The minimum atomic E-state index is -0.963. The lowest BCUT2D eigenvalue weighted by atomic mass is 9.56. The van der Waals surface area contributed by atoms with E-state index in [0.717, 1.165) is 50.0 Å². The van der Waals surface area contributed by atoms with Crippen LogP contribution in [0.3, 0.4) is 0 Å². The van der Waals surface area contributed by atoms with Gasteiger partial charge in [0.05, 0.1) is 18.2 Å². The van der Waals surface area contributed by atoms with E-state index < -0.39 is 11.4 Å². The molecule has 2 aromatic rings. The van der Waals surface area contributed by atoms with Crippen molar-refractivity contribution in [2.45, 2.75) is 43.9 Å². The molecule has 0 bridgehead atoms. The third-order valence-corrected chi connectivity index (χ3v) is 7.00. The molecule has 1 spiro atoms. The van der Waals surface area contributed by atoms with Gasteiger partial charge in [-0.25, -0.2) is 4.79 Å². The van der Waals surface area contributed by atoms with E-state index in [4.69, 9.17) is 9.26 Å². The molecule has 0 atom stereocenters. The quantitative estimate of drug-likeness (QED) is 0.775. The Kier molecular flexibility index (Phi) is 3.82. The molecule has 2 aliphatic carbocycles. The number of esters is 1. The number of aryl methyl sites for hydroxylation is 1. The number of ether oxygens (including phenoxy) is 1. The molecule has 3 fully saturated rings. The minimum absolute atomic E-state index is 0.140. The molecule has 0 radical (unpaired) electrons. The zero-order valence-electron chi connectivity index (χ0n) is 16.6. The van der Waals surface area contributed by atoms with Crippen LogP contribution in [0.1, 0.15) is 59.0 Å². The van der Waals surface area contributed by atoms with Crippen LogP contribution in [-0.2, 0) is 14.9 Å². The number of hydrogen-bond acceptors (Lipinski definition) is 6. The Morgan fingerprint density at radius 3 is 2.41 bits per heavy atom. The van der Waals surface area contributed by atoms with E-state index in [9.17, 15) is 14.7 Å². The molecule has 0 unspecified atom stereocenters. The summed E-state index contributed by atoms with van der Waals surface area (Å²) in [5, 5.41) is 13.2. The molecule has 2 heterocycles. The van der Waals surface area contributed by atoms with Crippen LogP contribution in [0.4, 0.5) is 5.69 Å². The monoisotopic (exact) mass is 396 g/mol. The van der Waals surface area contributed by atoms with Crippen molar-refractivity contribution in [2.24, 2.45) is 5.41 Å². The molecule has 1 saturated heterocycles. The molecule has 152 valence electrons. The van der Waals surface area contributed by atoms with Crippen LogP contribution in [0.5, 0.6) is 0 Å². The number of carbonyl (C=O) groups excluding carboxylic acids is 1. The highest BCUT2D eigenvalue weighted by Gasteiger charge is 2.55. The SMILES string of the molecule is COC(=O)C1(c2ccc(N3CC4(CC(c5onc(C)c5C(=O)O)C4)C3)cc2)CC1. The van der Waals surface area contributed by atoms with E-state index in [1.54, 1.807) is 6.92 Å². The standard InChI is InChI=1S/C22H24N2O5/c1-13-17(19(25)26)18(29-23-13)14-9-21(10-14)11-24(12-21)16-5-3-15(4-6-16)22(7-8-22)20(27)28-2/h3-6,14H,7-12H2,1-2H3,(H,25,26). The lowest BCUT2D eigenvalue weighted by molar-refractivity contribution is -0.143. The Labute approximate surface area is 168 Å². The first-order chi connectivity index (χ1) is 13.9. The highest BCUT2D eigenvalue weighted by Crippen LogP contribution is 2.57. The fraction of sp³-hybridized carbons (Fsp3) is 0.500. The van der Waals surface area contributed by atoms with E-state index >= 15 is 0 Å². The van der Waals surface area contributed by atoms with Crippen molar-refractivity contribution in [2.75, 3.05) is 25.1 Å². The largest absolute Gasteiger partial charge is 0.477 e. The topological polar surface area (TPSA) is 92.9 Å². The maximum Gasteiger partial charge on any atom is 0.341 e. The summed E-state index contributed by atoms with van der Waals surface area (Å²) in [6.07, 6.45) is 3.57. The van der Waals surface area contributed by atoms with Gasteiger partial charge in [0.15, 0.2) is 5.76 Å². The fourth-order valence-corrected chi connectivity index (χ4v) is 5.22. The van der Waals surface area contributed by atoms with Crippen molar-refractivity contribution in [1.82, 2.24) is 5.16 Å². The molecule has 1 aromatic heterocycles. The van der Waals surface area contributed by atoms with Crippen molar-refractivity contribution in [1.29, 1.82) is 0 Å². The molecule has 7 heteroatoms. The summed E-state index contributed by atoms with van der Waals surface area (Å²) in [5.41, 5.74) is 2.69. The number of aromatic nitrogens is 1. The first-order valence-corrected chi connectivity index (χ1v) is 10.0. The molecular weight excluding hydrogens is 372 g/mol. The molecule has 7 nitrogen and oxygen atoms in total. The first-order valence-electron chi connectivity index (χ1n) is 10.0. The third-order valence-electron chi connectivity index (χ3n) is 7.00. The maximum atomic E-state index is 12.0. The Bertz CT molecular complexity index is 975. The average molecular weight is 396 g/mol. The Morgan fingerprint density at radius 2 is 1.86 bits per heavy atom. The third kappa shape index (κ3) is 2.67. The molecule has 2 saturated carbocycles. The number of carboxylic acid groups (broad SMARTS) is 1. The van der Waals surface area contributed by atoms with Gasteiger partial charge in [0.1, 0.15) is 5.56 Å². The second kappa shape index (κ2) is 6.08. The van der Waals surface area contributed by atoms with E-state index in [-0.39, 0.29) is 22.9 Å². The van der Waals surface area contributed by atoms with E-state index in [1.807, 2.05) is 12.1 Å². The van der Waals surface area contributed by atoms with Crippen LogP contribution in [0.15, 0.2) is 28.8 Å². The van der Waals surface area contributed by atoms with Crippen molar-refractivity contribution in [3.63, 3.8) is 0 Å². The summed E-state index contributed by atoms with van der Waals surface area (Å²) >= 11 is 0. The number of rotatable bonds is 5. The van der Waals surface area contributed by atoms with Gasteiger partial charge in [0.25, 0.3) is 0 Å². The predicted molar refractivity (Wildman–Crippen MR) is 104 cm³/mol. The number of benzene rings is 1. The van der Waals surface area contributed by atoms with Gasteiger partial charge < -0.3 is 19.3 Å². The number of carboxylic acids is 1. The zero-order chi connectivity index (χ0) is 20.4. The van der Waals surface area contributed by atoms with Crippen LogP contribution in [-0.4, -0.2) is 42.4 Å². The highest BCUT2D eigenvalue weighted by atomic mass is 16.5. The van der Waals surface area contributed by atoms with Crippen molar-refractivity contribution >= 4 is 17.6 Å². The molecule has 1 aromatic carbocycles. The predicted octanol–water partition coefficient (Wildman–Crippen LogP) is 3.27. The molecule has 3 aliphatic rings. The van der Waals surface area contributed by atoms with E-state index in [0.29, 0.717) is 11.5 Å². The Hall–Kier alpha value is -2.83. The van der Waals surface area contributed by atoms with Crippen LogP contribution < -0.4 is 4.90 Å². The van der Waals surface area contributed by atoms with E-state index in [2.05, 4.69) is 22.2 Å². The molecule has 29 heavy (non-hydrogen) atoms. The normalized spacial score (nSPS) is 21.4. The molecule has 1 aliphatic heterocycles. The lowest BCUT2D eigenvalue weighted by Crippen LogP contribution is -2.62. The number of nitrogens with zero attached hydrogens (tertiary/aromatic N) is 2. The number of carbonyl (C=O) groups is 2. The second-order valence-electron chi connectivity index (χ2n) is 8.89. The van der Waals surface area contributed by atoms with Gasteiger partial charge in [-0.3, -0.25) is 4.79 Å². The number of methoxy groups -OCH3 is 1. The summed E-state index contributed by atoms with van der Waals surface area (Å²) < 4.78 is 10.3. The first kappa shape index (κ1) is 18.2. The van der Waals surface area contributed by atoms with Crippen LogP contribution >= 0.6 is 0 Å². The van der Waals surface area contributed by atoms with Crippen molar-refractivity contribution < 1.29 is 24.0 Å². The van der Waals surface area contributed by atoms with Crippen molar-refractivity contribution in [3.05, 3.63) is 46.8 Å². The van der Waals surface area contributed by atoms with Gasteiger partial charge in [-0.1, -0.05) is 17.3 Å². The van der Waals surface area contributed by atoms with Gasteiger partial charge >= 0.3 is 11.9 Å². The van der Waals surface area contributed by atoms with Gasteiger partial charge in [-0.05, 0) is 50.3 Å². The summed E-state index contributed by atoms with van der Waals surface area (Å²) in [6, 6.07) is 8.27. The molecule has 5 rings (SSSR count). The van der Waals surface area contributed by atoms with Gasteiger partial charge in [0.2, 0.25) is 0 Å². The second-order valence-corrected chi connectivity index (χ2v) is 8.89. The molecule has 1 N–H and O–H groups in total. The Balaban J connectivity index is 1.22.